The molecular weight excluding hydrogens is 350 g/mol. The van der Waals surface area contributed by atoms with Gasteiger partial charge in [-0.05, 0) is 47.9 Å². The van der Waals surface area contributed by atoms with E-state index in [1.54, 1.807) is 17.1 Å². The summed E-state index contributed by atoms with van der Waals surface area (Å²) in [7, 11) is 0. The van der Waals surface area contributed by atoms with Gasteiger partial charge < -0.3 is 4.74 Å². The Labute approximate surface area is 162 Å². The van der Waals surface area contributed by atoms with Crippen LogP contribution in [0.1, 0.15) is 30.0 Å². The van der Waals surface area contributed by atoms with E-state index in [4.69, 9.17) is 9.72 Å². The molecule has 0 atom stereocenters. The van der Waals surface area contributed by atoms with Crippen molar-refractivity contribution < 1.29 is 4.74 Å². The molecule has 0 saturated carbocycles. The van der Waals surface area contributed by atoms with Crippen LogP contribution in [-0.4, -0.2) is 27.7 Å². The first kappa shape index (κ1) is 17.1. The molecule has 0 aliphatic carbocycles. The predicted octanol–water partition coefficient (Wildman–Crippen LogP) is 3.89. The standard InChI is InChI=1S/C23H21N3O2/c27-23-21-13-17(12-16-4-3-9-24-14-16)19-5-1-2-6-20(19)22(21)25-15-26(23)18-7-10-28-11-8-18/h1-6,9,13-15,18H,7-8,10-12H2. The maximum atomic E-state index is 13.3. The molecule has 0 amide bonds. The van der Waals surface area contributed by atoms with Crippen molar-refractivity contribution >= 4 is 21.7 Å². The molecule has 5 heteroatoms. The van der Waals surface area contributed by atoms with Crippen molar-refractivity contribution in [2.45, 2.75) is 25.3 Å². The Morgan fingerprint density at radius 1 is 1.04 bits per heavy atom. The molecule has 4 aromatic rings. The Balaban J connectivity index is 1.72. The van der Waals surface area contributed by atoms with Crippen LogP contribution in [0.25, 0.3) is 21.7 Å². The summed E-state index contributed by atoms with van der Waals surface area (Å²) < 4.78 is 7.25. The van der Waals surface area contributed by atoms with Crippen LogP contribution in [0, 0.1) is 0 Å². The molecule has 2 aromatic heterocycles. The van der Waals surface area contributed by atoms with Gasteiger partial charge in [0.2, 0.25) is 0 Å². The normalized spacial score (nSPS) is 15.3. The van der Waals surface area contributed by atoms with E-state index >= 15 is 0 Å². The fourth-order valence-corrected chi connectivity index (χ4v) is 4.14. The lowest BCUT2D eigenvalue weighted by molar-refractivity contribution is 0.0685. The van der Waals surface area contributed by atoms with Gasteiger partial charge in [-0.2, -0.15) is 0 Å². The molecule has 140 valence electrons. The van der Waals surface area contributed by atoms with Crippen LogP contribution >= 0.6 is 0 Å². The van der Waals surface area contributed by atoms with Gasteiger partial charge in [0.1, 0.15) is 0 Å². The molecule has 1 saturated heterocycles. The first-order valence-electron chi connectivity index (χ1n) is 9.69. The van der Waals surface area contributed by atoms with Gasteiger partial charge in [0.05, 0.1) is 17.2 Å². The molecule has 5 rings (SSSR count). The highest BCUT2D eigenvalue weighted by Crippen LogP contribution is 2.28. The van der Waals surface area contributed by atoms with Crippen LogP contribution in [0.4, 0.5) is 0 Å². The molecular formula is C23H21N3O2. The number of benzene rings is 2. The van der Waals surface area contributed by atoms with Crippen molar-refractivity contribution in [3.05, 3.63) is 82.7 Å². The fourth-order valence-electron chi connectivity index (χ4n) is 4.14. The largest absolute Gasteiger partial charge is 0.381 e. The molecule has 1 aliphatic heterocycles. The van der Waals surface area contributed by atoms with E-state index in [0.717, 1.165) is 46.7 Å². The van der Waals surface area contributed by atoms with Gasteiger partial charge >= 0.3 is 0 Å². The third kappa shape index (κ3) is 2.98. The zero-order valence-corrected chi connectivity index (χ0v) is 15.5. The Hall–Kier alpha value is -3.05. The minimum absolute atomic E-state index is 0.0371. The van der Waals surface area contributed by atoms with Crippen LogP contribution < -0.4 is 5.56 Å². The van der Waals surface area contributed by atoms with Gasteiger partial charge in [0.15, 0.2) is 0 Å². The second-order valence-electron chi connectivity index (χ2n) is 7.32. The van der Waals surface area contributed by atoms with E-state index < -0.39 is 0 Å². The van der Waals surface area contributed by atoms with Crippen molar-refractivity contribution in [3.8, 4) is 0 Å². The Bertz CT molecular complexity index is 1200. The Morgan fingerprint density at radius 2 is 1.86 bits per heavy atom. The van der Waals surface area contributed by atoms with Crippen LogP contribution in [0.3, 0.4) is 0 Å². The highest BCUT2D eigenvalue weighted by molar-refractivity contribution is 6.06. The second kappa shape index (κ2) is 7.17. The molecule has 0 bridgehead atoms. The quantitative estimate of drug-likeness (QED) is 0.513. The predicted molar refractivity (Wildman–Crippen MR) is 110 cm³/mol. The van der Waals surface area contributed by atoms with Crippen LogP contribution in [0.15, 0.2) is 66.0 Å². The number of nitrogens with zero attached hydrogens (tertiary/aromatic N) is 3. The lowest BCUT2D eigenvalue weighted by atomic mass is 9.96. The average molecular weight is 371 g/mol. The summed E-state index contributed by atoms with van der Waals surface area (Å²) in [6, 6.07) is 14.4. The number of fused-ring (bicyclic) bond motifs is 3. The van der Waals surface area contributed by atoms with Crippen molar-refractivity contribution in [1.82, 2.24) is 14.5 Å². The van der Waals surface area contributed by atoms with E-state index in [1.165, 1.54) is 0 Å². The summed E-state index contributed by atoms with van der Waals surface area (Å²) in [5.41, 5.74) is 3.06. The van der Waals surface area contributed by atoms with Gasteiger partial charge in [-0.25, -0.2) is 4.98 Å². The van der Waals surface area contributed by atoms with Gasteiger partial charge in [-0.15, -0.1) is 0 Å². The second-order valence-corrected chi connectivity index (χ2v) is 7.32. The maximum absolute atomic E-state index is 13.3. The van der Waals surface area contributed by atoms with Crippen LogP contribution in [-0.2, 0) is 11.2 Å². The molecule has 1 fully saturated rings. The molecule has 3 heterocycles. The highest BCUT2D eigenvalue weighted by atomic mass is 16.5. The zero-order chi connectivity index (χ0) is 18.9. The monoisotopic (exact) mass is 371 g/mol. The SMILES string of the molecule is O=c1c2cc(Cc3cccnc3)c3ccccc3c2ncn1C1CCOCC1. The molecule has 0 spiro atoms. The molecule has 5 nitrogen and oxygen atoms in total. The highest BCUT2D eigenvalue weighted by Gasteiger charge is 2.19. The molecule has 0 unspecified atom stereocenters. The Morgan fingerprint density at radius 3 is 2.64 bits per heavy atom. The van der Waals surface area contributed by atoms with Gasteiger partial charge in [-0.1, -0.05) is 30.3 Å². The van der Waals surface area contributed by atoms with Gasteiger partial charge in [0, 0.05) is 37.0 Å². The summed E-state index contributed by atoms with van der Waals surface area (Å²) in [6.45, 7) is 1.39. The zero-order valence-electron chi connectivity index (χ0n) is 15.5. The van der Waals surface area contributed by atoms with Crippen molar-refractivity contribution in [3.63, 3.8) is 0 Å². The van der Waals surface area contributed by atoms with E-state index in [-0.39, 0.29) is 11.6 Å². The summed E-state index contributed by atoms with van der Waals surface area (Å²) in [5, 5.41) is 2.84. The summed E-state index contributed by atoms with van der Waals surface area (Å²) in [4.78, 5) is 22.3. The lowest BCUT2D eigenvalue weighted by Gasteiger charge is -2.24. The third-order valence-electron chi connectivity index (χ3n) is 5.58. The summed E-state index contributed by atoms with van der Waals surface area (Å²) in [6.07, 6.45) is 7.80. The molecule has 1 aliphatic rings. The van der Waals surface area contributed by atoms with Gasteiger partial charge in [0.25, 0.3) is 5.56 Å². The first-order valence-corrected chi connectivity index (χ1v) is 9.69. The van der Waals surface area contributed by atoms with E-state index in [2.05, 4.69) is 23.2 Å². The summed E-state index contributed by atoms with van der Waals surface area (Å²) >= 11 is 0. The molecule has 2 aromatic carbocycles. The smallest absolute Gasteiger partial charge is 0.261 e. The first-order chi connectivity index (χ1) is 13.8. The number of aromatic nitrogens is 3. The number of ether oxygens (including phenoxy) is 1. The summed E-state index contributed by atoms with van der Waals surface area (Å²) in [5.74, 6) is 0. The average Bonchev–Trinajstić information content (AvgIpc) is 2.76. The topological polar surface area (TPSA) is 57.0 Å². The lowest BCUT2D eigenvalue weighted by Crippen LogP contribution is -2.29. The minimum Gasteiger partial charge on any atom is -0.381 e. The van der Waals surface area contributed by atoms with E-state index in [9.17, 15) is 4.79 Å². The van der Waals surface area contributed by atoms with Crippen molar-refractivity contribution in [1.29, 1.82) is 0 Å². The number of pyridine rings is 1. The van der Waals surface area contributed by atoms with Crippen molar-refractivity contribution in [2.24, 2.45) is 0 Å². The van der Waals surface area contributed by atoms with E-state index in [0.29, 0.717) is 18.6 Å². The molecule has 0 radical (unpaired) electrons. The Kier molecular flexibility index (Phi) is 4.37. The number of hydrogen-bond donors (Lipinski definition) is 0. The van der Waals surface area contributed by atoms with Gasteiger partial charge in [-0.3, -0.25) is 14.3 Å². The third-order valence-corrected chi connectivity index (χ3v) is 5.58. The van der Waals surface area contributed by atoms with Crippen LogP contribution in [0.2, 0.25) is 0 Å². The molecule has 28 heavy (non-hydrogen) atoms. The number of hydrogen-bond acceptors (Lipinski definition) is 4. The fraction of sp³-hybridized carbons (Fsp3) is 0.261. The van der Waals surface area contributed by atoms with E-state index in [1.807, 2.05) is 30.5 Å². The van der Waals surface area contributed by atoms with Crippen LogP contribution in [0.5, 0.6) is 0 Å². The minimum atomic E-state index is 0.0371. The van der Waals surface area contributed by atoms with Crippen molar-refractivity contribution in [2.75, 3.05) is 13.2 Å². The maximum Gasteiger partial charge on any atom is 0.261 e. The molecule has 0 N–H and O–H groups in total. The number of rotatable bonds is 3.